The number of carbonyl (C=O) groups excluding carboxylic acids is 1. The summed E-state index contributed by atoms with van der Waals surface area (Å²) < 4.78 is 5.11. The van der Waals surface area contributed by atoms with Crippen molar-refractivity contribution in [2.24, 2.45) is 0 Å². The van der Waals surface area contributed by atoms with Crippen LogP contribution in [0.1, 0.15) is 34.7 Å². The highest BCUT2D eigenvalue weighted by atomic mass is 16.5. The Bertz CT molecular complexity index is 1280. The predicted octanol–water partition coefficient (Wildman–Crippen LogP) is 4.91. The summed E-state index contributed by atoms with van der Waals surface area (Å²) in [4.78, 5) is 23.5. The number of hydrogen-bond acceptors (Lipinski definition) is 5. The van der Waals surface area contributed by atoms with Crippen LogP contribution in [0, 0.1) is 0 Å². The Labute approximate surface area is 193 Å². The van der Waals surface area contributed by atoms with Gasteiger partial charge in [0.15, 0.2) is 0 Å². The Morgan fingerprint density at radius 3 is 2.42 bits per heavy atom. The normalized spacial score (nSPS) is 14.4. The van der Waals surface area contributed by atoms with Crippen molar-refractivity contribution in [2.75, 3.05) is 25.9 Å². The number of pyridine rings is 2. The smallest absolute Gasteiger partial charge is 0.253 e. The number of hydrogen-bond donors (Lipinski definition) is 1. The number of anilines is 1. The highest BCUT2D eigenvalue weighted by molar-refractivity contribution is 5.95. The summed E-state index contributed by atoms with van der Waals surface area (Å²) in [5.41, 5.74) is 10.1. The average molecular weight is 439 g/mol. The molecule has 1 fully saturated rings. The average Bonchev–Trinajstić information content (AvgIpc) is 2.89. The standard InChI is InChI=1S/C27H26N4O2/c1-33-25-9-8-23(17-30-25)18-2-5-21(6-3-18)27(32)31-14-11-19(12-15-31)22-7-4-20-10-13-29-26(28)24(20)16-22/h2-10,13,16-17,19H,11-12,14-15H2,1H3,(H2,28,29). The lowest BCUT2D eigenvalue weighted by Crippen LogP contribution is -2.37. The van der Waals surface area contributed by atoms with Crippen molar-refractivity contribution in [1.29, 1.82) is 0 Å². The molecule has 0 unspecified atom stereocenters. The molecule has 6 heteroatoms. The third-order valence-electron chi connectivity index (χ3n) is 6.49. The number of likely N-dealkylation sites (tertiary alicyclic amines) is 1. The first-order valence-corrected chi connectivity index (χ1v) is 11.2. The van der Waals surface area contributed by atoms with Crippen LogP contribution >= 0.6 is 0 Å². The molecule has 0 spiro atoms. The minimum Gasteiger partial charge on any atom is -0.481 e. The first kappa shape index (κ1) is 20.9. The predicted molar refractivity (Wildman–Crippen MR) is 130 cm³/mol. The number of fused-ring (bicyclic) bond motifs is 1. The number of methoxy groups -OCH3 is 1. The molecule has 1 amide bonds. The summed E-state index contributed by atoms with van der Waals surface area (Å²) in [6.07, 6.45) is 5.39. The molecule has 0 saturated carbocycles. The molecule has 5 rings (SSSR count). The fourth-order valence-corrected chi connectivity index (χ4v) is 4.54. The molecule has 6 nitrogen and oxygen atoms in total. The van der Waals surface area contributed by atoms with Crippen LogP contribution in [0.2, 0.25) is 0 Å². The molecule has 2 aromatic carbocycles. The molecule has 2 aromatic heterocycles. The molecule has 33 heavy (non-hydrogen) atoms. The van der Waals surface area contributed by atoms with Crippen LogP contribution in [-0.4, -0.2) is 41.0 Å². The molecule has 1 aliphatic rings. The summed E-state index contributed by atoms with van der Waals surface area (Å²) >= 11 is 0. The van der Waals surface area contributed by atoms with Crippen LogP contribution in [-0.2, 0) is 0 Å². The Hall–Kier alpha value is -3.93. The molecule has 0 radical (unpaired) electrons. The maximum atomic E-state index is 13.1. The zero-order chi connectivity index (χ0) is 22.8. The van der Waals surface area contributed by atoms with Gasteiger partial charge in [-0.25, -0.2) is 9.97 Å². The van der Waals surface area contributed by atoms with Gasteiger partial charge < -0.3 is 15.4 Å². The lowest BCUT2D eigenvalue weighted by atomic mass is 9.88. The summed E-state index contributed by atoms with van der Waals surface area (Å²) in [5.74, 6) is 1.65. The first-order chi connectivity index (χ1) is 16.1. The quantitative estimate of drug-likeness (QED) is 0.490. The number of piperidine rings is 1. The van der Waals surface area contributed by atoms with Gasteiger partial charge in [0, 0.05) is 48.1 Å². The van der Waals surface area contributed by atoms with E-state index < -0.39 is 0 Å². The zero-order valence-corrected chi connectivity index (χ0v) is 18.6. The number of amides is 1. The number of ether oxygens (including phenoxy) is 1. The zero-order valence-electron chi connectivity index (χ0n) is 18.6. The van der Waals surface area contributed by atoms with E-state index in [0.717, 1.165) is 47.8 Å². The maximum absolute atomic E-state index is 13.1. The fraction of sp³-hybridized carbons (Fsp3) is 0.222. The van der Waals surface area contributed by atoms with E-state index >= 15 is 0 Å². The van der Waals surface area contributed by atoms with Gasteiger partial charge in [-0.2, -0.15) is 0 Å². The Morgan fingerprint density at radius 2 is 1.73 bits per heavy atom. The second-order valence-electron chi connectivity index (χ2n) is 8.41. The van der Waals surface area contributed by atoms with E-state index in [1.54, 1.807) is 19.5 Å². The summed E-state index contributed by atoms with van der Waals surface area (Å²) in [5, 5.41) is 2.10. The van der Waals surface area contributed by atoms with E-state index in [9.17, 15) is 4.79 Å². The molecule has 0 bridgehead atoms. The molecular weight excluding hydrogens is 412 g/mol. The van der Waals surface area contributed by atoms with Gasteiger partial charge in [-0.1, -0.05) is 24.3 Å². The lowest BCUT2D eigenvalue weighted by molar-refractivity contribution is 0.0713. The Morgan fingerprint density at radius 1 is 0.970 bits per heavy atom. The van der Waals surface area contributed by atoms with E-state index in [-0.39, 0.29) is 5.91 Å². The van der Waals surface area contributed by atoms with Gasteiger partial charge in [-0.15, -0.1) is 0 Å². The summed E-state index contributed by atoms with van der Waals surface area (Å²) in [6, 6.07) is 20.0. The largest absolute Gasteiger partial charge is 0.481 e. The molecule has 2 N–H and O–H groups in total. The van der Waals surface area contributed by atoms with E-state index in [2.05, 4.69) is 28.2 Å². The van der Waals surface area contributed by atoms with Gasteiger partial charge in [0.2, 0.25) is 5.88 Å². The van der Waals surface area contributed by atoms with Crippen LogP contribution in [0.5, 0.6) is 5.88 Å². The first-order valence-electron chi connectivity index (χ1n) is 11.2. The molecule has 1 saturated heterocycles. The van der Waals surface area contributed by atoms with E-state index in [1.165, 1.54) is 5.56 Å². The number of benzene rings is 2. The Balaban J connectivity index is 1.24. The minimum absolute atomic E-state index is 0.0832. The van der Waals surface area contributed by atoms with E-state index in [1.807, 2.05) is 47.4 Å². The van der Waals surface area contributed by atoms with Crippen LogP contribution < -0.4 is 10.5 Å². The van der Waals surface area contributed by atoms with Crippen LogP contribution in [0.4, 0.5) is 5.82 Å². The molecular formula is C27H26N4O2. The number of nitrogens with zero attached hydrogens (tertiary/aromatic N) is 3. The topological polar surface area (TPSA) is 81.3 Å². The lowest BCUT2D eigenvalue weighted by Gasteiger charge is -2.32. The number of rotatable bonds is 4. The number of carbonyl (C=O) groups is 1. The highest BCUT2D eigenvalue weighted by Crippen LogP contribution is 2.32. The summed E-state index contributed by atoms with van der Waals surface area (Å²) in [6.45, 7) is 1.49. The van der Waals surface area contributed by atoms with Gasteiger partial charge in [0.05, 0.1) is 7.11 Å². The van der Waals surface area contributed by atoms with Gasteiger partial charge in [-0.05, 0) is 65.6 Å². The molecule has 166 valence electrons. The van der Waals surface area contributed by atoms with Crippen molar-refractivity contribution in [3.05, 3.63) is 84.2 Å². The monoisotopic (exact) mass is 438 g/mol. The van der Waals surface area contributed by atoms with Crippen molar-refractivity contribution in [3.8, 4) is 17.0 Å². The molecule has 0 atom stereocenters. The molecule has 4 aromatic rings. The third kappa shape index (κ3) is 4.24. The summed E-state index contributed by atoms with van der Waals surface area (Å²) in [7, 11) is 1.60. The second kappa shape index (κ2) is 8.90. The van der Waals surface area contributed by atoms with Crippen LogP contribution in [0.15, 0.2) is 73.1 Å². The molecule has 3 heterocycles. The van der Waals surface area contributed by atoms with Gasteiger partial charge >= 0.3 is 0 Å². The van der Waals surface area contributed by atoms with Crippen molar-refractivity contribution in [2.45, 2.75) is 18.8 Å². The van der Waals surface area contributed by atoms with Crippen molar-refractivity contribution >= 4 is 22.5 Å². The van der Waals surface area contributed by atoms with E-state index in [0.29, 0.717) is 23.2 Å². The van der Waals surface area contributed by atoms with Crippen molar-refractivity contribution in [1.82, 2.24) is 14.9 Å². The molecule has 0 aliphatic carbocycles. The SMILES string of the molecule is COc1ccc(-c2ccc(C(=O)N3CCC(c4ccc5ccnc(N)c5c4)CC3)cc2)cn1. The van der Waals surface area contributed by atoms with Crippen molar-refractivity contribution in [3.63, 3.8) is 0 Å². The van der Waals surface area contributed by atoms with Gasteiger partial charge in [-0.3, -0.25) is 4.79 Å². The van der Waals surface area contributed by atoms with Crippen LogP contribution in [0.25, 0.3) is 21.9 Å². The maximum Gasteiger partial charge on any atom is 0.253 e. The van der Waals surface area contributed by atoms with Crippen molar-refractivity contribution < 1.29 is 9.53 Å². The second-order valence-corrected chi connectivity index (χ2v) is 8.41. The third-order valence-corrected chi connectivity index (χ3v) is 6.49. The van der Waals surface area contributed by atoms with Crippen LogP contribution in [0.3, 0.4) is 0 Å². The fourth-order valence-electron chi connectivity index (χ4n) is 4.54. The molecule has 1 aliphatic heterocycles. The van der Waals surface area contributed by atoms with E-state index in [4.69, 9.17) is 10.5 Å². The number of aromatic nitrogens is 2. The number of nitrogen functional groups attached to an aromatic ring is 1. The van der Waals surface area contributed by atoms with Gasteiger partial charge in [0.1, 0.15) is 5.82 Å². The Kier molecular flexibility index (Phi) is 5.65. The minimum atomic E-state index is 0.0832. The highest BCUT2D eigenvalue weighted by Gasteiger charge is 2.25. The number of nitrogens with two attached hydrogens (primary N) is 1. The van der Waals surface area contributed by atoms with Gasteiger partial charge in [0.25, 0.3) is 5.91 Å².